The third kappa shape index (κ3) is 3.49. The molecule has 2 aliphatic rings. The molecule has 136 valence electrons. The highest BCUT2D eigenvalue weighted by atomic mass is 35.5. The summed E-state index contributed by atoms with van der Waals surface area (Å²) in [6, 6.07) is 4.93. The average molecular weight is 393 g/mol. The highest BCUT2D eigenvalue weighted by Crippen LogP contribution is 2.40. The lowest BCUT2D eigenvalue weighted by molar-refractivity contribution is -0.137. The molecule has 0 fully saturated rings. The summed E-state index contributed by atoms with van der Waals surface area (Å²) in [5.41, 5.74) is 2.40. The lowest BCUT2D eigenvalue weighted by Crippen LogP contribution is -2.15. The minimum absolute atomic E-state index is 0.113. The summed E-state index contributed by atoms with van der Waals surface area (Å²) in [7, 11) is 0. The Hall–Kier alpha value is -1.91. The third-order valence-corrected chi connectivity index (χ3v) is 5.30. The predicted molar refractivity (Wildman–Crippen MR) is 100 cm³/mol. The Morgan fingerprint density at radius 1 is 1.19 bits per heavy atom. The van der Waals surface area contributed by atoms with Crippen LogP contribution in [0.25, 0.3) is 6.08 Å². The van der Waals surface area contributed by atoms with E-state index >= 15 is 0 Å². The smallest absolute Gasteiger partial charge is 0.349 e. The van der Waals surface area contributed by atoms with Gasteiger partial charge in [-0.2, -0.15) is 0 Å². The van der Waals surface area contributed by atoms with E-state index in [2.05, 4.69) is 0 Å². The summed E-state index contributed by atoms with van der Waals surface area (Å²) in [6.07, 6.45) is 4.61. The Kier molecular flexibility index (Phi) is 5.64. The van der Waals surface area contributed by atoms with E-state index in [0.717, 1.165) is 12.8 Å². The van der Waals surface area contributed by atoms with Crippen LogP contribution in [0.1, 0.15) is 49.7 Å². The van der Waals surface area contributed by atoms with Crippen molar-refractivity contribution >= 4 is 46.8 Å². The largest absolute Gasteiger partial charge is 0.462 e. The monoisotopic (exact) mass is 392 g/mol. The molecule has 0 bridgehead atoms. The van der Waals surface area contributed by atoms with E-state index in [1.54, 1.807) is 25.1 Å². The minimum Gasteiger partial charge on any atom is -0.462 e. The Labute approximate surface area is 161 Å². The molecule has 0 atom stereocenters. The highest BCUT2D eigenvalue weighted by Gasteiger charge is 2.42. The molecule has 0 spiro atoms. The zero-order chi connectivity index (χ0) is 18.8. The first-order valence-electron chi connectivity index (χ1n) is 8.58. The van der Waals surface area contributed by atoms with E-state index in [9.17, 15) is 14.4 Å². The lowest BCUT2D eigenvalue weighted by Gasteiger charge is -2.11. The van der Waals surface area contributed by atoms with E-state index in [4.69, 9.17) is 27.9 Å². The predicted octanol–water partition coefficient (Wildman–Crippen LogP) is 4.59. The Morgan fingerprint density at radius 2 is 1.81 bits per heavy atom. The van der Waals surface area contributed by atoms with Gasteiger partial charge in [0, 0.05) is 16.2 Å². The summed E-state index contributed by atoms with van der Waals surface area (Å²) in [5.74, 6) is -1.69. The van der Waals surface area contributed by atoms with Gasteiger partial charge in [-0.1, -0.05) is 29.3 Å². The van der Waals surface area contributed by atoms with Crippen LogP contribution in [-0.4, -0.2) is 24.1 Å². The highest BCUT2D eigenvalue weighted by molar-refractivity contribution is 6.43. The van der Waals surface area contributed by atoms with Gasteiger partial charge >= 0.3 is 5.97 Å². The van der Waals surface area contributed by atoms with Gasteiger partial charge in [0.1, 0.15) is 11.0 Å². The van der Waals surface area contributed by atoms with Crippen molar-refractivity contribution in [3.05, 3.63) is 50.5 Å². The number of carbonyl (C=O) groups excluding carboxylic acids is 3. The van der Waals surface area contributed by atoms with Crippen molar-refractivity contribution in [1.82, 2.24) is 0 Å². The van der Waals surface area contributed by atoms with Crippen LogP contribution in [0.3, 0.4) is 0 Å². The maximum absolute atomic E-state index is 12.7. The van der Waals surface area contributed by atoms with E-state index in [-0.39, 0.29) is 23.2 Å². The Bertz CT molecular complexity index is 823. The summed E-state index contributed by atoms with van der Waals surface area (Å²) in [6.45, 7) is 1.89. The maximum Gasteiger partial charge on any atom is 0.349 e. The second-order valence-corrected chi connectivity index (χ2v) is 7.13. The molecule has 6 heteroatoms. The number of hydrogen-bond donors (Lipinski definition) is 0. The number of halogens is 2. The topological polar surface area (TPSA) is 60.4 Å². The summed E-state index contributed by atoms with van der Waals surface area (Å²) in [4.78, 5) is 37.2. The van der Waals surface area contributed by atoms with Crippen molar-refractivity contribution in [3.8, 4) is 0 Å². The molecular formula is C20H18Cl2O4. The average Bonchev–Trinajstić information content (AvgIpc) is 2.88. The molecule has 1 aromatic rings. The molecule has 26 heavy (non-hydrogen) atoms. The molecule has 4 nitrogen and oxygen atoms in total. The number of esters is 1. The second-order valence-electron chi connectivity index (χ2n) is 6.32. The van der Waals surface area contributed by atoms with Crippen molar-refractivity contribution < 1.29 is 19.1 Å². The third-order valence-electron chi connectivity index (χ3n) is 4.69. The van der Waals surface area contributed by atoms with Gasteiger partial charge in [0.05, 0.1) is 6.61 Å². The van der Waals surface area contributed by atoms with Crippen LogP contribution < -0.4 is 0 Å². The first-order chi connectivity index (χ1) is 12.4. The molecule has 2 aliphatic carbocycles. The van der Waals surface area contributed by atoms with Crippen LogP contribution in [0, 0.1) is 0 Å². The molecule has 0 heterocycles. The van der Waals surface area contributed by atoms with E-state index in [0.29, 0.717) is 40.1 Å². The molecule has 0 saturated carbocycles. The lowest BCUT2D eigenvalue weighted by atomic mass is 9.91. The zero-order valence-corrected chi connectivity index (χ0v) is 15.8. The van der Waals surface area contributed by atoms with E-state index in [1.165, 1.54) is 6.08 Å². The molecule has 0 unspecified atom stereocenters. The van der Waals surface area contributed by atoms with Crippen molar-refractivity contribution in [2.24, 2.45) is 0 Å². The van der Waals surface area contributed by atoms with Gasteiger partial charge in [0.2, 0.25) is 0 Å². The number of Topliss-reactive ketones (excluding diaryl/α,β-unsaturated/α-hetero) is 2. The minimum atomic E-state index is -0.816. The van der Waals surface area contributed by atoms with Crippen LogP contribution >= 0.6 is 23.2 Å². The van der Waals surface area contributed by atoms with Crippen LogP contribution in [0.2, 0.25) is 5.02 Å². The fraction of sp³-hybridized carbons (Fsp3) is 0.350. The molecule has 0 amide bonds. The van der Waals surface area contributed by atoms with Gasteiger partial charge in [-0.05, 0) is 61.9 Å². The van der Waals surface area contributed by atoms with Crippen molar-refractivity contribution in [2.45, 2.75) is 38.5 Å². The first kappa shape index (κ1) is 18.9. The van der Waals surface area contributed by atoms with Crippen LogP contribution in [-0.2, 0) is 19.1 Å². The molecule has 0 saturated heterocycles. The summed E-state index contributed by atoms with van der Waals surface area (Å²) < 4.78 is 4.85. The van der Waals surface area contributed by atoms with Crippen LogP contribution in [0.5, 0.6) is 0 Å². The Balaban J connectivity index is 1.94. The van der Waals surface area contributed by atoms with Gasteiger partial charge in [-0.15, -0.1) is 0 Å². The van der Waals surface area contributed by atoms with Gasteiger partial charge in [0.15, 0.2) is 11.6 Å². The van der Waals surface area contributed by atoms with Gasteiger partial charge in [-0.25, -0.2) is 4.79 Å². The summed E-state index contributed by atoms with van der Waals surface area (Å²) in [5, 5.41) is 0.249. The quantitative estimate of drug-likeness (QED) is 0.427. The van der Waals surface area contributed by atoms with Crippen molar-refractivity contribution in [3.63, 3.8) is 0 Å². The van der Waals surface area contributed by atoms with E-state index in [1.807, 2.05) is 0 Å². The molecule has 0 N–H and O–H groups in total. The molecule has 1 aromatic carbocycles. The number of allylic oxidation sites excluding steroid dienone is 2. The number of rotatable bonds is 4. The number of benzene rings is 1. The number of carbonyl (C=O) groups is 3. The standard InChI is InChI=1S/C20H18Cl2O4/c1-2-26-20(25)16(22)10-12-9-11(7-8-15(12)21)17-18(23)13-5-3-4-6-14(13)19(17)24/h7-10,17H,2-6H2,1H3/b16-10-. The number of hydrogen-bond acceptors (Lipinski definition) is 4. The normalized spacial score (nSPS) is 18.3. The van der Waals surface area contributed by atoms with E-state index < -0.39 is 11.9 Å². The molecular weight excluding hydrogens is 375 g/mol. The van der Waals surface area contributed by atoms with Crippen molar-refractivity contribution in [2.75, 3.05) is 6.61 Å². The van der Waals surface area contributed by atoms with Crippen LogP contribution in [0.4, 0.5) is 0 Å². The molecule has 0 aromatic heterocycles. The fourth-order valence-electron chi connectivity index (χ4n) is 3.47. The van der Waals surface area contributed by atoms with Crippen molar-refractivity contribution in [1.29, 1.82) is 0 Å². The Morgan fingerprint density at radius 3 is 2.38 bits per heavy atom. The number of ether oxygens (including phenoxy) is 1. The number of ketones is 2. The molecule has 0 aliphatic heterocycles. The van der Waals surface area contributed by atoms with Gasteiger partial charge in [0.25, 0.3) is 0 Å². The summed E-state index contributed by atoms with van der Waals surface area (Å²) >= 11 is 12.2. The second kappa shape index (κ2) is 7.77. The first-order valence-corrected chi connectivity index (χ1v) is 9.33. The molecule has 0 radical (unpaired) electrons. The zero-order valence-electron chi connectivity index (χ0n) is 14.3. The van der Waals surface area contributed by atoms with Gasteiger partial charge in [-0.3, -0.25) is 9.59 Å². The maximum atomic E-state index is 12.7. The fourth-order valence-corrected chi connectivity index (χ4v) is 3.81. The van der Waals surface area contributed by atoms with Gasteiger partial charge < -0.3 is 4.74 Å². The molecule has 3 rings (SSSR count). The SMILES string of the molecule is CCOC(=O)/C(Cl)=C/c1cc(C2C(=O)C3=C(CCCC3)C2=O)ccc1Cl. The van der Waals surface area contributed by atoms with Crippen LogP contribution in [0.15, 0.2) is 34.4 Å².